The number of nitro groups is 1. The lowest BCUT2D eigenvalue weighted by atomic mass is 9.96. The molecule has 5 aromatic rings. The van der Waals surface area contributed by atoms with Gasteiger partial charge in [0, 0.05) is 50.9 Å². The largest absolute Gasteiger partial charge is 0.416 e. The summed E-state index contributed by atoms with van der Waals surface area (Å²) >= 11 is 7.36. The number of hydrogen-bond donors (Lipinski definition) is 1. The van der Waals surface area contributed by atoms with Gasteiger partial charge in [0.25, 0.3) is 5.69 Å². The highest BCUT2D eigenvalue weighted by Gasteiger charge is 2.42. The Kier molecular flexibility index (Phi) is 8.10. The molecule has 0 amide bonds. The van der Waals surface area contributed by atoms with E-state index in [9.17, 15) is 23.3 Å². The number of aryl methyl sites for hydroxylation is 1. The van der Waals surface area contributed by atoms with Crippen molar-refractivity contribution in [3.05, 3.63) is 142 Å². The van der Waals surface area contributed by atoms with Gasteiger partial charge in [-0.1, -0.05) is 23.9 Å². The van der Waals surface area contributed by atoms with Gasteiger partial charge in [-0.2, -0.15) is 13.2 Å². The molecule has 6 rings (SSSR count). The van der Waals surface area contributed by atoms with Crippen molar-refractivity contribution >= 4 is 40.5 Å². The standard InChI is InChI=1S/C33H26F3N5O2S2/c1-20-18-28(21(2)39(20)25-7-5-6-22(19-25)33(34,35)36)31-30(29-8-3-4-17-37-29)38-32(44)40(31)23-9-13-26(14-10-23)45-27-15-11-24(12-16-27)41(42)43/h3-19,30-31H,1-2H3,(H,38,44)/t30-,31+/m1/s1. The zero-order valence-electron chi connectivity index (χ0n) is 24.0. The number of aromatic nitrogens is 2. The van der Waals surface area contributed by atoms with Gasteiger partial charge in [-0.25, -0.2) is 0 Å². The molecule has 1 fully saturated rings. The van der Waals surface area contributed by atoms with Crippen LogP contribution in [0.15, 0.2) is 113 Å². The summed E-state index contributed by atoms with van der Waals surface area (Å²) in [7, 11) is 0. The van der Waals surface area contributed by atoms with Crippen LogP contribution in [0.5, 0.6) is 0 Å². The zero-order valence-corrected chi connectivity index (χ0v) is 25.7. The maximum absolute atomic E-state index is 13.6. The summed E-state index contributed by atoms with van der Waals surface area (Å²) in [5.41, 5.74) is 3.83. The van der Waals surface area contributed by atoms with Crippen molar-refractivity contribution in [3.63, 3.8) is 0 Å². The van der Waals surface area contributed by atoms with Crippen LogP contribution in [0, 0.1) is 24.0 Å². The molecule has 0 unspecified atom stereocenters. The molecule has 1 N–H and O–H groups in total. The molecule has 1 aliphatic heterocycles. The number of rotatable bonds is 7. The third-order valence-electron chi connectivity index (χ3n) is 7.72. The minimum absolute atomic E-state index is 0.0330. The molecule has 45 heavy (non-hydrogen) atoms. The average molecular weight is 646 g/mol. The van der Waals surface area contributed by atoms with Crippen molar-refractivity contribution in [1.82, 2.24) is 14.9 Å². The Morgan fingerprint density at radius 2 is 1.60 bits per heavy atom. The molecule has 228 valence electrons. The van der Waals surface area contributed by atoms with E-state index in [-0.39, 0.29) is 17.8 Å². The maximum atomic E-state index is 13.6. The van der Waals surface area contributed by atoms with Gasteiger partial charge in [0.1, 0.15) is 0 Å². The van der Waals surface area contributed by atoms with Crippen molar-refractivity contribution in [2.24, 2.45) is 0 Å². The number of anilines is 1. The fourth-order valence-corrected chi connectivity index (χ4v) is 6.86. The van der Waals surface area contributed by atoms with Crippen molar-refractivity contribution < 1.29 is 18.1 Å². The molecule has 3 aromatic carbocycles. The molecule has 7 nitrogen and oxygen atoms in total. The predicted octanol–water partition coefficient (Wildman–Crippen LogP) is 8.74. The fraction of sp³-hybridized carbons (Fsp3) is 0.152. The SMILES string of the molecule is Cc1cc([C@H]2[C@@H](c3ccccn3)NC(=S)N2c2ccc(Sc3ccc([N+](=O)[O-])cc3)cc2)c(C)n1-c1cccc(C(F)(F)F)c1. The summed E-state index contributed by atoms with van der Waals surface area (Å²) in [5, 5.41) is 14.9. The van der Waals surface area contributed by atoms with Gasteiger partial charge in [-0.3, -0.25) is 15.1 Å². The van der Waals surface area contributed by atoms with Gasteiger partial charge in [0.2, 0.25) is 0 Å². The molecule has 2 aromatic heterocycles. The summed E-state index contributed by atoms with van der Waals surface area (Å²) in [6, 6.07) is 26.5. The lowest BCUT2D eigenvalue weighted by Gasteiger charge is -2.28. The van der Waals surface area contributed by atoms with Gasteiger partial charge in [0.15, 0.2) is 5.11 Å². The molecule has 1 aliphatic rings. The van der Waals surface area contributed by atoms with Crippen LogP contribution in [-0.2, 0) is 6.18 Å². The molecule has 0 radical (unpaired) electrons. The predicted molar refractivity (Wildman–Crippen MR) is 172 cm³/mol. The number of alkyl halides is 3. The third kappa shape index (κ3) is 6.03. The Morgan fingerprint density at radius 1 is 0.911 bits per heavy atom. The van der Waals surface area contributed by atoms with E-state index < -0.39 is 16.7 Å². The first-order valence-corrected chi connectivity index (χ1v) is 15.1. The van der Waals surface area contributed by atoms with Crippen molar-refractivity contribution in [2.45, 2.75) is 41.9 Å². The highest BCUT2D eigenvalue weighted by Crippen LogP contribution is 2.44. The van der Waals surface area contributed by atoms with E-state index in [1.807, 2.05) is 71.8 Å². The molecule has 12 heteroatoms. The molecular formula is C33H26F3N5O2S2. The van der Waals surface area contributed by atoms with Crippen LogP contribution in [0.4, 0.5) is 24.5 Å². The van der Waals surface area contributed by atoms with Gasteiger partial charge in [0.05, 0.1) is 28.3 Å². The summed E-state index contributed by atoms with van der Waals surface area (Å²) in [4.78, 5) is 19.0. The second-order valence-corrected chi connectivity index (χ2v) is 12.1. The first-order valence-electron chi connectivity index (χ1n) is 13.9. The van der Waals surface area contributed by atoms with Crippen LogP contribution in [0.25, 0.3) is 5.69 Å². The third-order valence-corrected chi connectivity index (χ3v) is 9.05. The smallest absolute Gasteiger partial charge is 0.351 e. The minimum atomic E-state index is -4.46. The minimum Gasteiger partial charge on any atom is -0.351 e. The van der Waals surface area contributed by atoms with E-state index in [1.165, 1.54) is 30.0 Å². The Balaban J connectivity index is 1.38. The number of halogens is 3. The van der Waals surface area contributed by atoms with E-state index in [2.05, 4.69) is 10.3 Å². The van der Waals surface area contributed by atoms with Crippen LogP contribution >= 0.6 is 24.0 Å². The normalized spacial score (nSPS) is 16.6. The number of benzene rings is 3. The quantitative estimate of drug-likeness (QED) is 0.108. The second-order valence-electron chi connectivity index (χ2n) is 10.6. The zero-order chi connectivity index (χ0) is 31.9. The molecule has 0 bridgehead atoms. The van der Waals surface area contributed by atoms with E-state index in [0.717, 1.165) is 50.3 Å². The summed E-state index contributed by atoms with van der Waals surface area (Å²) < 4.78 is 42.6. The van der Waals surface area contributed by atoms with Crippen molar-refractivity contribution in [2.75, 3.05) is 4.90 Å². The Labute approximate surface area is 266 Å². The van der Waals surface area contributed by atoms with Crippen molar-refractivity contribution in [1.29, 1.82) is 0 Å². The van der Waals surface area contributed by atoms with Crippen LogP contribution in [0.2, 0.25) is 0 Å². The average Bonchev–Trinajstić information content (AvgIpc) is 3.52. The van der Waals surface area contributed by atoms with Crippen LogP contribution in [-0.4, -0.2) is 19.6 Å². The van der Waals surface area contributed by atoms with Crippen LogP contribution in [0.1, 0.15) is 40.3 Å². The summed E-state index contributed by atoms with van der Waals surface area (Å²) in [6.07, 6.45) is -2.74. The highest BCUT2D eigenvalue weighted by molar-refractivity contribution is 7.99. The Bertz CT molecular complexity index is 1880. The van der Waals surface area contributed by atoms with Crippen LogP contribution in [0.3, 0.4) is 0 Å². The lowest BCUT2D eigenvalue weighted by Crippen LogP contribution is -2.29. The number of nitrogens with zero attached hydrogens (tertiary/aromatic N) is 4. The number of nitrogens with one attached hydrogen (secondary N) is 1. The molecule has 0 spiro atoms. The van der Waals surface area contributed by atoms with Gasteiger partial charge in [-0.05, 0) is 104 Å². The maximum Gasteiger partial charge on any atom is 0.416 e. The first kappa shape index (κ1) is 30.4. The second kappa shape index (κ2) is 12.0. The molecule has 0 saturated carbocycles. The molecule has 1 saturated heterocycles. The first-order chi connectivity index (χ1) is 21.5. The molecule has 0 aliphatic carbocycles. The number of hydrogen-bond acceptors (Lipinski definition) is 5. The summed E-state index contributed by atoms with van der Waals surface area (Å²) in [5.74, 6) is 0. The number of thiocarbonyl (C=S) groups is 1. The number of non-ortho nitro benzene ring substituents is 1. The molecule has 3 heterocycles. The molecule has 2 atom stereocenters. The number of pyridine rings is 1. The van der Waals surface area contributed by atoms with E-state index >= 15 is 0 Å². The highest BCUT2D eigenvalue weighted by atomic mass is 32.2. The van der Waals surface area contributed by atoms with E-state index in [4.69, 9.17) is 12.2 Å². The fourth-order valence-electron chi connectivity index (χ4n) is 5.70. The van der Waals surface area contributed by atoms with Gasteiger partial charge >= 0.3 is 6.18 Å². The van der Waals surface area contributed by atoms with Crippen LogP contribution < -0.4 is 10.2 Å². The Hall–Kier alpha value is -4.68. The van der Waals surface area contributed by atoms with Gasteiger partial charge in [-0.15, -0.1) is 0 Å². The Morgan fingerprint density at radius 3 is 2.22 bits per heavy atom. The molecular weight excluding hydrogens is 620 g/mol. The monoisotopic (exact) mass is 645 g/mol. The topological polar surface area (TPSA) is 76.2 Å². The van der Waals surface area contributed by atoms with Gasteiger partial charge < -0.3 is 14.8 Å². The van der Waals surface area contributed by atoms with E-state index in [0.29, 0.717) is 10.8 Å². The summed E-state index contributed by atoms with van der Waals surface area (Å²) in [6.45, 7) is 3.78. The number of nitro benzene ring substituents is 1. The van der Waals surface area contributed by atoms with E-state index in [1.54, 1.807) is 24.4 Å². The van der Waals surface area contributed by atoms with Crippen molar-refractivity contribution in [3.8, 4) is 5.69 Å². The lowest BCUT2D eigenvalue weighted by molar-refractivity contribution is -0.384.